The molecule has 0 amide bonds. The Hall–Kier alpha value is -3.21. The third kappa shape index (κ3) is 2.96. The van der Waals surface area contributed by atoms with Crippen LogP contribution in [0.2, 0.25) is 0 Å². The minimum absolute atomic E-state index is 0.156. The molecule has 0 aliphatic heterocycles. The number of nitrogen functional groups attached to an aromatic ring is 1. The van der Waals surface area contributed by atoms with Crippen molar-refractivity contribution in [2.24, 2.45) is 0 Å². The van der Waals surface area contributed by atoms with Crippen LogP contribution in [0.25, 0.3) is 22.4 Å². The average molecular weight is 336 g/mol. The molecule has 3 aromatic rings. The lowest BCUT2D eigenvalue weighted by Crippen LogP contribution is -2.02. The summed E-state index contributed by atoms with van der Waals surface area (Å²) in [6.07, 6.45) is 0. The summed E-state index contributed by atoms with van der Waals surface area (Å²) in [5.41, 5.74) is 11.3. The average Bonchev–Trinajstić information content (AvgIpc) is 2.61. The fourth-order valence-corrected chi connectivity index (χ4v) is 2.96. The zero-order chi connectivity index (χ0) is 18.1. The van der Waals surface area contributed by atoms with E-state index in [0.29, 0.717) is 5.82 Å². The largest absolute Gasteiger partial charge is 0.504 e. The van der Waals surface area contributed by atoms with Crippen molar-refractivity contribution in [1.29, 1.82) is 0 Å². The second-order valence-corrected chi connectivity index (χ2v) is 5.90. The smallest absolute Gasteiger partial charge is 0.158 e. The van der Waals surface area contributed by atoms with E-state index in [1.165, 1.54) is 12.1 Å². The van der Waals surface area contributed by atoms with Crippen molar-refractivity contribution in [2.45, 2.75) is 13.8 Å². The van der Waals surface area contributed by atoms with Crippen LogP contribution in [0, 0.1) is 13.8 Å². The van der Waals surface area contributed by atoms with Crippen molar-refractivity contribution in [3.8, 4) is 39.6 Å². The quantitative estimate of drug-likeness (QED) is 0.628. The van der Waals surface area contributed by atoms with E-state index in [1.54, 1.807) is 13.2 Å². The van der Waals surface area contributed by atoms with Gasteiger partial charge in [-0.2, -0.15) is 0 Å². The number of aromatic hydroxyl groups is 2. The molecule has 2 aromatic carbocycles. The van der Waals surface area contributed by atoms with E-state index in [9.17, 15) is 10.2 Å². The number of hydrogen-bond acceptors (Lipinski definition) is 5. The van der Waals surface area contributed by atoms with Gasteiger partial charge in [0.25, 0.3) is 0 Å². The lowest BCUT2D eigenvalue weighted by molar-refractivity contribution is 0.404. The number of hydrogen-bond donors (Lipinski definition) is 3. The second-order valence-electron chi connectivity index (χ2n) is 5.90. The normalized spacial score (nSPS) is 10.7. The number of methoxy groups -OCH3 is 1. The van der Waals surface area contributed by atoms with Crippen molar-refractivity contribution in [3.05, 3.63) is 53.6 Å². The van der Waals surface area contributed by atoms with E-state index in [4.69, 9.17) is 10.5 Å². The van der Waals surface area contributed by atoms with Crippen molar-refractivity contribution in [3.63, 3.8) is 0 Å². The number of nitrogens with zero attached hydrogens (tertiary/aromatic N) is 1. The van der Waals surface area contributed by atoms with E-state index in [0.717, 1.165) is 39.3 Å². The summed E-state index contributed by atoms with van der Waals surface area (Å²) < 4.78 is 5.20. The molecule has 0 unspecified atom stereocenters. The van der Waals surface area contributed by atoms with Gasteiger partial charge in [-0.05, 0) is 72.5 Å². The van der Waals surface area contributed by atoms with Gasteiger partial charge in [0.05, 0.1) is 12.8 Å². The topological polar surface area (TPSA) is 88.6 Å². The highest BCUT2D eigenvalue weighted by molar-refractivity contribution is 5.82. The van der Waals surface area contributed by atoms with Gasteiger partial charge in [0, 0.05) is 5.56 Å². The van der Waals surface area contributed by atoms with Crippen LogP contribution in [0.1, 0.15) is 11.1 Å². The molecule has 128 valence electrons. The minimum atomic E-state index is -0.169. The van der Waals surface area contributed by atoms with Crippen LogP contribution in [0.5, 0.6) is 17.2 Å². The lowest BCUT2D eigenvalue weighted by atomic mass is 9.93. The van der Waals surface area contributed by atoms with Crippen LogP contribution in [0.3, 0.4) is 0 Å². The Kier molecular flexibility index (Phi) is 4.23. The zero-order valence-electron chi connectivity index (χ0n) is 14.4. The predicted octanol–water partition coefficient (Wildman–Crippen LogP) is 4.03. The highest BCUT2D eigenvalue weighted by atomic mass is 16.5. The third-order valence-electron chi connectivity index (χ3n) is 4.35. The Bertz CT molecular complexity index is 935. The first kappa shape index (κ1) is 16.6. The number of benzene rings is 2. The standard InChI is InChI=1S/C20H20N2O3/c1-11-18(14-6-9-16(23)17(24)10-14)12(2)20(21)22-19(11)13-4-7-15(25-3)8-5-13/h4-10,23-24H,1-3H3,(H2,21,22). The summed E-state index contributed by atoms with van der Waals surface area (Å²) >= 11 is 0. The van der Waals surface area contributed by atoms with Crippen molar-refractivity contribution in [2.75, 3.05) is 12.8 Å². The Morgan fingerprint density at radius 3 is 2.12 bits per heavy atom. The fourth-order valence-electron chi connectivity index (χ4n) is 2.96. The van der Waals surface area contributed by atoms with Crippen molar-refractivity contribution < 1.29 is 14.9 Å². The SMILES string of the molecule is COc1ccc(-c2nc(N)c(C)c(-c3ccc(O)c(O)c3)c2C)cc1. The molecule has 0 radical (unpaired) electrons. The molecule has 4 N–H and O–H groups in total. The van der Waals surface area contributed by atoms with Gasteiger partial charge >= 0.3 is 0 Å². The number of nitrogens with two attached hydrogens (primary N) is 1. The molecule has 5 nitrogen and oxygen atoms in total. The second kappa shape index (κ2) is 6.36. The minimum Gasteiger partial charge on any atom is -0.504 e. The Balaban J connectivity index is 2.22. The van der Waals surface area contributed by atoms with Gasteiger partial charge in [0.15, 0.2) is 11.5 Å². The fraction of sp³-hybridized carbons (Fsp3) is 0.150. The third-order valence-corrected chi connectivity index (χ3v) is 4.35. The lowest BCUT2D eigenvalue weighted by Gasteiger charge is -2.17. The predicted molar refractivity (Wildman–Crippen MR) is 98.9 cm³/mol. The Morgan fingerprint density at radius 2 is 1.52 bits per heavy atom. The maximum absolute atomic E-state index is 9.85. The maximum Gasteiger partial charge on any atom is 0.158 e. The van der Waals surface area contributed by atoms with Crippen LogP contribution < -0.4 is 10.5 Å². The number of phenolic OH excluding ortho intramolecular Hbond substituents is 2. The van der Waals surface area contributed by atoms with Gasteiger partial charge in [-0.25, -0.2) is 4.98 Å². The Morgan fingerprint density at radius 1 is 0.880 bits per heavy atom. The molecule has 0 atom stereocenters. The van der Waals surface area contributed by atoms with E-state index in [2.05, 4.69) is 4.98 Å². The van der Waals surface area contributed by atoms with Gasteiger partial charge in [-0.15, -0.1) is 0 Å². The molecule has 0 bridgehead atoms. The first-order valence-corrected chi connectivity index (χ1v) is 7.85. The molecule has 0 spiro atoms. The van der Waals surface area contributed by atoms with Gasteiger partial charge < -0.3 is 20.7 Å². The monoisotopic (exact) mass is 336 g/mol. The number of aromatic nitrogens is 1. The first-order valence-electron chi connectivity index (χ1n) is 7.85. The molecule has 3 rings (SSSR count). The molecular formula is C20H20N2O3. The van der Waals surface area contributed by atoms with E-state index < -0.39 is 0 Å². The number of anilines is 1. The van der Waals surface area contributed by atoms with Gasteiger partial charge in [-0.1, -0.05) is 6.07 Å². The van der Waals surface area contributed by atoms with Crippen LogP contribution in [0.15, 0.2) is 42.5 Å². The highest BCUT2D eigenvalue weighted by Gasteiger charge is 2.16. The number of rotatable bonds is 3. The molecule has 0 aliphatic rings. The number of ether oxygens (including phenoxy) is 1. The van der Waals surface area contributed by atoms with E-state index >= 15 is 0 Å². The zero-order valence-corrected chi connectivity index (χ0v) is 14.4. The first-order chi connectivity index (χ1) is 11.9. The Labute approximate surface area is 146 Å². The molecule has 5 heteroatoms. The van der Waals surface area contributed by atoms with E-state index in [-0.39, 0.29) is 11.5 Å². The highest BCUT2D eigenvalue weighted by Crippen LogP contribution is 2.38. The molecule has 25 heavy (non-hydrogen) atoms. The summed E-state index contributed by atoms with van der Waals surface area (Å²) in [5, 5.41) is 19.4. The molecule has 0 saturated heterocycles. The molecular weight excluding hydrogens is 316 g/mol. The van der Waals surface area contributed by atoms with Crippen LogP contribution in [0.4, 0.5) is 5.82 Å². The molecule has 0 fully saturated rings. The number of phenols is 2. The molecule has 1 aromatic heterocycles. The summed E-state index contributed by atoms with van der Waals surface area (Å²) in [6.45, 7) is 3.87. The summed E-state index contributed by atoms with van der Waals surface area (Å²) in [6, 6.07) is 12.4. The van der Waals surface area contributed by atoms with Crippen LogP contribution in [-0.2, 0) is 0 Å². The summed E-state index contributed by atoms with van der Waals surface area (Å²) in [7, 11) is 1.62. The van der Waals surface area contributed by atoms with E-state index in [1.807, 2.05) is 38.1 Å². The van der Waals surface area contributed by atoms with Gasteiger partial charge in [0.1, 0.15) is 11.6 Å². The maximum atomic E-state index is 9.85. The molecule has 0 aliphatic carbocycles. The molecule has 0 saturated carbocycles. The summed E-state index contributed by atoms with van der Waals surface area (Å²) in [5.74, 6) is 0.873. The van der Waals surface area contributed by atoms with Crippen molar-refractivity contribution in [1.82, 2.24) is 4.98 Å². The number of pyridine rings is 1. The van der Waals surface area contributed by atoms with Crippen LogP contribution >= 0.6 is 0 Å². The molecule has 1 heterocycles. The van der Waals surface area contributed by atoms with Crippen LogP contribution in [-0.4, -0.2) is 22.3 Å². The summed E-state index contributed by atoms with van der Waals surface area (Å²) in [4.78, 5) is 4.55. The van der Waals surface area contributed by atoms with Crippen molar-refractivity contribution >= 4 is 5.82 Å². The van der Waals surface area contributed by atoms with Gasteiger partial charge in [-0.3, -0.25) is 0 Å². The van der Waals surface area contributed by atoms with Gasteiger partial charge in [0.2, 0.25) is 0 Å².